The Bertz CT molecular complexity index is 406. The lowest BCUT2D eigenvalue weighted by molar-refractivity contribution is 0.186. The van der Waals surface area contributed by atoms with E-state index in [-0.39, 0.29) is 13.2 Å². The van der Waals surface area contributed by atoms with Gasteiger partial charge >= 0.3 is 0 Å². The number of rotatable bonds is 1. The lowest BCUT2D eigenvalue weighted by atomic mass is 10.2. The molecule has 0 radical (unpaired) electrons. The van der Waals surface area contributed by atoms with Gasteiger partial charge in [-0.05, 0) is 0 Å². The summed E-state index contributed by atoms with van der Waals surface area (Å²) >= 11 is 0. The molecule has 0 heterocycles. The van der Waals surface area contributed by atoms with Gasteiger partial charge in [-0.3, -0.25) is 9.13 Å². The van der Waals surface area contributed by atoms with Gasteiger partial charge in [0.05, 0.1) is 13.2 Å². The summed E-state index contributed by atoms with van der Waals surface area (Å²) in [5.41, 5.74) is 0. The minimum absolute atomic E-state index is 0.125. The average Bonchev–Trinajstić information content (AvgIpc) is 2.34. The molecule has 0 saturated carbocycles. The van der Waals surface area contributed by atoms with Crippen molar-refractivity contribution in [2.24, 2.45) is 0 Å². The van der Waals surface area contributed by atoms with Crippen molar-refractivity contribution in [3.63, 3.8) is 0 Å². The topological polar surface area (TPSA) is 115 Å². The maximum Gasteiger partial charge on any atom is 0.210 e. The summed E-state index contributed by atoms with van der Waals surface area (Å²) in [6.07, 6.45) is 0. The zero-order chi connectivity index (χ0) is 22.4. The van der Waals surface area contributed by atoms with E-state index in [0.29, 0.717) is 0 Å². The Morgan fingerprint density at radius 2 is 0.615 bits per heavy atom. The molecule has 0 fully saturated rings. The molecule has 0 rings (SSSR count). The zero-order valence-electron chi connectivity index (χ0n) is 18.9. The molecule has 0 amide bonds. The second kappa shape index (κ2) is 10.2. The quantitative estimate of drug-likeness (QED) is 0.460. The van der Waals surface area contributed by atoms with E-state index in [0.717, 1.165) is 0 Å². The minimum Gasteiger partial charge on any atom is -0.394 e. The molecule has 0 saturated heterocycles. The van der Waals surface area contributed by atoms with E-state index in [1.54, 1.807) is 83.1 Å². The fraction of sp³-hybridized carbons (Fsp3) is 1.00. The van der Waals surface area contributed by atoms with E-state index in [2.05, 4.69) is 0 Å². The first-order valence-electron chi connectivity index (χ1n) is 8.79. The number of hydrogen-bond acceptors (Lipinski definition) is 4. The average molecular weight is 418 g/mol. The molecular formula is C18H44O6P2. The number of aliphatic hydroxyl groups is 2. The lowest BCUT2D eigenvalue weighted by Gasteiger charge is -2.35. The summed E-state index contributed by atoms with van der Waals surface area (Å²) in [6, 6.07) is 0. The monoisotopic (exact) mass is 418 g/mol. The highest BCUT2D eigenvalue weighted by atomic mass is 31.2. The van der Waals surface area contributed by atoms with Crippen molar-refractivity contribution in [1.82, 2.24) is 0 Å². The SMILES string of the molecule is CC(C)(C)P(=O)(O)C(C)(C)C.CC(C)(C)P(=O)(O)C(C)(C)C.OCCO. The fourth-order valence-corrected chi connectivity index (χ4v) is 6.04. The first kappa shape index (κ1) is 31.0. The standard InChI is InChI=1S/2C8H19O2P.C2H6O2/c2*1-7(2,3)11(9,10)8(4,5)6;3-1-2-4/h2*1-6H3,(H,9,10);3-4H,1-2H2. The smallest absolute Gasteiger partial charge is 0.210 e. The first-order valence-corrected chi connectivity index (χ1v) is 12.1. The first-order chi connectivity index (χ1) is 10.9. The van der Waals surface area contributed by atoms with Crippen molar-refractivity contribution < 1.29 is 29.1 Å². The van der Waals surface area contributed by atoms with Gasteiger partial charge in [0, 0.05) is 20.6 Å². The van der Waals surface area contributed by atoms with Crippen LogP contribution in [0.4, 0.5) is 0 Å². The van der Waals surface area contributed by atoms with Gasteiger partial charge in [0.2, 0.25) is 14.7 Å². The van der Waals surface area contributed by atoms with Crippen LogP contribution in [0.15, 0.2) is 0 Å². The Morgan fingerprint density at radius 1 is 0.500 bits per heavy atom. The molecule has 26 heavy (non-hydrogen) atoms. The Labute approximate surface area is 161 Å². The van der Waals surface area contributed by atoms with E-state index in [1.165, 1.54) is 0 Å². The molecule has 0 aliphatic rings. The molecule has 0 aromatic rings. The van der Waals surface area contributed by atoms with E-state index < -0.39 is 35.4 Å². The molecule has 8 heteroatoms. The molecule has 0 bridgehead atoms. The third kappa shape index (κ3) is 9.48. The summed E-state index contributed by atoms with van der Waals surface area (Å²) < 4.78 is 23.6. The van der Waals surface area contributed by atoms with Gasteiger partial charge in [-0.2, -0.15) is 0 Å². The van der Waals surface area contributed by atoms with Crippen LogP contribution >= 0.6 is 14.7 Å². The third-order valence-corrected chi connectivity index (χ3v) is 11.0. The van der Waals surface area contributed by atoms with Crippen molar-refractivity contribution in [1.29, 1.82) is 0 Å². The van der Waals surface area contributed by atoms with Crippen LogP contribution in [0, 0.1) is 0 Å². The fourth-order valence-electron chi connectivity index (χ4n) is 2.01. The van der Waals surface area contributed by atoms with E-state index in [9.17, 15) is 18.9 Å². The van der Waals surface area contributed by atoms with Crippen LogP contribution in [-0.2, 0) is 9.13 Å². The molecular weight excluding hydrogens is 374 g/mol. The maximum atomic E-state index is 11.8. The van der Waals surface area contributed by atoms with Crippen molar-refractivity contribution in [2.45, 2.75) is 104 Å². The molecule has 0 aliphatic heterocycles. The van der Waals surface area contributed by atoms with Gasteiger partial charge in [0.25, 0.3) is 0 Å². The molecule has 162 valence electrons. The van der Waals surface area contributed by atoms with Crippen LogP contribution in [0.5, 0.6) is 0 Å². The summed E-state index contributed by atoms with van der Waals surface area (Å²) in [5, 5.41) is 13.2. The Hall–Kier alpha value is 0.300. The highest BCUT2D eigenvalue weighted by Crippen LogP contribution is 2.64. The zero-order valence-corrected chi connectivity index (χ0v) is 20.7. The van der Waals surface area contributed by atoms with Crippen LogP contribution in [-0.4, -0.2) is 53.8 Å². The molecule has 0 spiro atoms. The second-order valence-corrected chi connectivity index (χ2v) is 18.0. The summed E-state index contributed by atoms with van der Waals surface area (Å²) in [5.74, 6) is 0. The Balaban J connectivity index is -0.000000338. The number of aliphatic hydroxyl groups excluding tert-OH is 2. The summed E-state index contributed by atoms with van der Waals surface area (Å²) in [7, 11) is -6.12. The molecule has 0 aromatic carbocycles. The summed E-state index contributed by atoms with van der Waals surface area (Å²) in [6.45, 7) is 21.4. The normalized spacial score (nSPS) is 14.0. The van der Waals surface area contributed by atoms with Gasteiger partial charge in [-0.25, -0.2) is 0 Å². The van der Waals surface area contributed by atoms with Gasteiger partial charge in [0.15, 0.2) is 0 Å². The van der Waals surface area contributed by atoms with Crippen LogP contribution < -0.4 is 0 Å². The van der Waals surface area contributed by atoms with Gasteiger partial charge in [-0.15, -0.1) is 0 Å². The molecule has 0 atom stereocenters. The van der Waals surface area contributed by atoms with Gasteiger partial charge in [-0.1, -0.05) is 83.1 Å². The van der Waals surface area contributed by atoms with Crippen LogP contribution in [0.1, 0.15) is 83.1 Å². The summed E-state index contributed by atoms with van der Waals surface area (Å²) in [4.78, 5) is 19.5. The van der Waals surface area contributed by atoms with Crippen molar-refractivity contribution in [3.05, 3.63) is 0 Å². The third-order valence-electron chi connectivity index (χ3n) is 3.74. The molecule has 0 aromatic heterocycles. The lowest BCUT2D eigenvalue weighted by Crippen LogP contribution is -2.28. The predicted octanol–water partition coefficient (Wildman–Crippen LogP) is 4.68. The van der Waals surface area contributed by atoms with Crippen LogP contribution in [0.25, 0.3) is 0 Å². The van der Waals surface area contributed by atoms with Crippen LogP contribution in [0.3, 0.4) is 0 Å². The maximum absolute atomic E-state index is 11.8. The molecule has 0 aliphatic carbocycles. The van der Waals surface area contributed by atoms with Crippen molar-refractivity contribution in [2.75, 3.05) is 13.2 Å². The number of hydrogen-bond donors (Lipinski definition) is 4. The van der Waals surface area contributed by atoms with E-state index in [1.807, 2.05) is 0 Å². The van der Waals surface area contributed by atoms with E-state index in [4.69, 9.17) is 10.2 Å². The van der Waals surface area contributed by atoms with Crippen LogP contribution in [0.2, 0.25) is 0 Å². The van der Waals surface area contributed by atoms with Crippen molar-refractivity contribution >= 4 is 14.7 Å². The minimum atomic E-state index is -3.06. The van der Waals surface area contributed by atoms with Gasteiger partial charge in [0.1, 0.15) is 0 Å². The molecule has 0 unspecified atom stereocenters. The van der Waals surface area contributed by atoms with E-state index >= 15 is 0 Å². The predicted molar refractivity (Wildman–Crippen MR) is 113 cm³/mol. The highest BCUT2D eigenvalue weighted by molar-refractivity contribution is 7.61. The van der Waals surface area contributed by atoms with Gasteiger partial charge < -0.3 is 20.0 Å². The largest absolute Gasteiger partial charge is 0.394 e. The molecule has 4 N–H and O–H groups in total. The Morgan fingerprint density at radius 3 is 0.615 bits per heavy atom. The molecule has 6 nitrogen and oxygen atoms in total. The van der Waals surface area contributed by atoms with Crippen molar-refractivity contribution in [3.8, 4) is 0 Å². The second-order valence-electron chi connectivity index (χ2n) is 10.3. The Kier molecular flexibility index (Phi) is 12.1. The highest BCUT2D eigenvalue weighted by Gasteiger charge is 2.45.